The van der Waals surface area contributed by atoms with Crippen LogP contribution in [0.1, 0.15) is 70.4 Å². The molecule has 6 nitrogen and oxygen atoms in total. The van der Waals surface area contributed by atoms with Gasteiger partial charge in [-0.25, -0.2) is 9.97 Å². The highest BCUT2D eigenvalue weighted by Crippen LogP contribution is 2.37. The van der Waals surface area contributed by atoms with Crippen LogP contribution >= 0.6 is 11.6 Å². The van der Waals surface area contributed by atoms with E-state index in [9.17, 15) is 0 Å². The Morgan fingerprint density at radius 3 is 2.80 bits per heavy atom. The van der Waals surface area contributed by atoms with E-state index in [1.807, 2.05) is 17.9 Å². The number of unbranched alkanes of at least 4 members (excludes halogenated alkanes) is 2. The van der Waals surface area contributed by atoms with E-state index in [1.54, 1.807) is 6.20 Å². The Hall–Kier alpha value is -1.66. The summed E-state index contributed by atoms with van der Waals surface area (Å²) in [5, 5.41) is 8.63. The van der Waals surface area contributed by atoms with E-state index >= 15 is 0 Å². The molecule has 0 spiro atoms. The number of hydrogen-bond donors (Lipinski definition) is 2. The molecule has 1 unspecified atom stereocenters. The molecule has 0 saturated heterocycles. The molecule has 2 aliphatic rings. The molecule has 164 valence electrons. The van der Waals surface area contributed by atoms with Crippen LogP contribution in [0, 0.1) is 11.8 Å². The first-order valence-corrected chi connectivity index (χ1v) is 12.0. The second-order valence-electron chi connectivity index (χ2n) is 9.24. The quantitative estimate of drug-likeness (QED) is 0.548. The van der Waals surface area contributed by atoms with Crippen LogP contribution in [0.3, 0.4) is 0 Å². The van der Waals surface area contributed by atoms with Crippen LogP contribution in [0.4, 0.5) is 5.95 Å². The molecular formula is C23H35ClN6. The molecule has 2 aromatic rings. The molecule has 0 bridgehead atoms. The highest BCUT2D eigenvalue weighted by molar-refractivity contribution is 6.32. The molecule has 30 heavy (non-hydrogen) atoms. The molecule has 0 amide bonds. The summed E-state index contributed by atoms with van der Waals surface area (Å²) in [5.74, 6) is 2.01. The zero-order chi connectivity index (χ0) is 21.1. The average Bonchev–Trinajstić information content (AvgIpc) is 3.48. The summed E-state index contributed by atoms with van der Waals surface area (Å²) in [7, 11) is 2.00. The number of aryl methyl sites for hydroxylation is 1. The van der Waals surface area contributed by atoms with Crippen molar-refractivity contribution in [2.24, 2.45) is 24.6 Å². The number of aromatic nitrogens is 4. The number of hydrogen-bond acceptors (Lipinski definition) is 5. The molecule has 0 aliphatic heterocycles. The minimum absolute atomic E-state index is 0.321. The van der Waals surface area contributed by atoms with E-state index in [1.165, 1.54) is 44.2 Å². The number of rotatable bonds is 9. The molecule has 2 aromatic heterocycles. The van der Waals surface area contributed by atoms with Gasteiger partial charge in [0.15, 0.2) is 0 Å². The van der Waals surface area contributed by atoms with Gasteiger partial charge in [0, 0.05) is 30.4 Å². The third-order valence-corrected chi connectivity index (χ3v) is 7.07. The second-order valence-corrected chi connectivity index (χ2v) is 9.65. The smallest absolute Gasteiger partial charge is 0.223 e. The minimum atomic E-state index is 0.321. The summed E-state index contributed by atoms with van der Waals surface area (Å²) >= 11 is 6.51. The Bertz CT molecular complexity index is 846. The van der Waals surface area contributed by atoms with Crippen molar-refractivity contribution in [3.63, 3.8) is 0 Å². The lowest BCUT2D eigenvalue weighted by molar-refractivity contribution is 0.268. The maximum absolute atomic E-state index is 6.51. The van der Waals surface area contributed by atoms with Crippen molar-refractivity contribution in [2.75, 3.05) is 5.32 Å². The van der Waals surface area contributed by atoms with Crippen LogP contribution in [0.15, 0.2) is 12.4 Å². The van der Waals surface area contributed by atoms with Crippen molar-refractivity contribution in [3.8, 4) is 11.3 Å². The zero-order valence-corrected chi connectivity index (χ0v) is 19.0. The van der Waals surface area contributed by atoms with Crippen LogP contribution in [-0.2, 0) is 13.5 Å². The van der Waals surface area contributed by atoms with Crippen molar-refractivity contribution < 1.29 is 0 Å². The maximum atomic E-state index is 6.51. The lowest BCUT2D eigenvalue weighted by Crippen LogP contribution is -2.40. The first-order valence-electron chi connectivity index (χ1n) is 11.6. The van der Waals surface area contributed by atoms with Crippen molar-refractivity contribution in [3.05, 3.63) is 23.1 Å². The van der Waals surface area contributed by atoms with Gasteiger partial charge in [0.05, 0.1) is 23.1 Å². The van der Waals surface area contributed by atoms with E-state index in [0.29, 0.717) is 29.0 Å². The van der Waals surface area contributed by atoms with Gasteiger partial charge in [-0.15, -0.1) is 0 Å². The van der Waals surface area contributed by atoms with Gasteiger partial charge in [0.25, 0.3) is 0 Å². The predicted octanol–water partition coefficient (Wildman–Crippen LogP) is 4.97. The first kappa shape index (κ1) is 21.6. The van der Waals surface area contributed by atoms with Gasteiger partial charge in [-0.2, -0.15) is 5.10 Å². The van der Waals surface area contributed by atoms with E-state index in [4.69, 9.17) is 22.3 Å². The van der Waals surface area contributed by atoms with Crippen molar-refractivity contribution >= 4 is 17.5 Å². The number of nitrogens with two attached hydrogens (primary N) is 1. The van der Waals surface area contributed by atoms with Gasteiger partial charge in [0.2, 0.25) is 5.95 Å². The molecule has 2 fully saturated rings. The standard InChI is InChI=1S/C23H35ClN6/c1-3-4-5-6-16-12-17(9-10-20(16)25)28-23-26-14-19(24)22(29-23)18-13-27-30(2)21(18)11-15-7-8-15/h13-17,20H,3-12,25H2,1-2H3,(H,26,28,29)/t16?,17-,20-/m1/s1. The Morgan fingerprint density at radius 2 is 2.03 bits per heavy atom. The first-order chi connectivity index (χ1) is 14.5. The molecule has 4 rings (SSSR count). The zero-order valence-electron chi connectivity index (χ0n) is 18.3. The summed E-state index contributed by atoms with van der Waals surface area (Å²) in [6, 6.07) is 0.687. The number of anilines is 1. The minimum Gasteiger partial charge on any atom is -0.351 e. The monoisotopic (exact) mass is 430 g/mol. The SMILES string of the molecule is CCCCCC1C[C@H](Nc2ncc(Cl)c(-c3cnn(C)c3CC3CC3)n2)CC[C@H]1N. The average molecular weight is 431 g/mol. The van der Waals surface area contributed by atoms with Gasteiger partial charge >= 0.3 is 0 Å². The maximum Gasteiger partial charge on any atom is 0.223 e. The fourth-order valence-electron chi connectivity index (χ4n) is 4.71. The Morgan fingerprint density at radius 1 is 1.20 bits per heavy atom. The summed E-state index contributed by atoms with van der Waals surface area (Å²) in [6.07, 6.45) is 15.5. The molecule has 2 heterocycles. The van der Waals surface area contributed by atoms with Gasteiger partial charge < -0.3 is 11.1 Å². The van der Waals surface area contributed by atoms with Crippen LogP contribution < -0.4 is 11.1 Å². The molecule has 7 heteroatoms. The second kappa shape index (κ2) is 9.65. The third-order valence-electron chi connectivity index (χ3n) is 6.79. The largest absolute Gasteiger partial charge is 0.351 e. The number of nitrogens with one attached hydrogen (secondary N) is 1. The highest BCUT2D eigenvalue weighted by atomic mass is 35.5. The van der Waals surface area contributed by atoms with E-state index in [2.05, 4.69) is 22.3 Å². The molecule has 3 atom stereocenters. The van der Waals surface area contributed by atoms with Crippen LogP contribution in [0.25, 0.3) is 11.3 Å². The van der Waals surface area contributed by atoms with Crippen LogP contribution in [0.5, 0.6) is 0 Å². The summed E-state index contributed by atoms with van der Waals surface area (Å²) < 4.78 is 1.96. The van der Waals surface area contributed by atoms with Crippen LogP contribution in [-0.4, -0.2) is 31.8 Å². The summed E-state index contributed by atoms with van der Waals surface area (Å²) in [6.45, 7) is 2.25. The van der Waals surface area contributed by atoms with Gasteiger partial charge in [0.1, 0.15) is 0 Å². The van der Waals surface area contributed by atoms with Crippen molar-refractivity contribution in [1.29, 1.82) is 0 Å². The summed E-state index contributed by atoms with van der Waals surface area (Å²) in [4.78, 5) is 9.29. The topological polar surface area (TPSA) is 81.7 Å². The molecule has 2 aliphatic carbocycles. The Balaban J connectivity index is 1.47. The van der Waals surface area contributed by atoms with E-state index < -0.39 is 0 Å². The predicted molar refractivity (Wildman–Crippen MR) is 123 cm³/mol. The molecule has 3 N–H and O–H groups in total. The van der Waals surface area contributed by atoms with Crippen molar-refractivity contribution in [1.82, 2.24) is 19.7 Å². The fraction of sp³-hybridized carbons (Fsp3) is 0.696. The lowest BCUT2D eigenvalue weighted by Gasteiger charge is -2.34. The van der Waals surface area contributed by atoms with Crippen molar-refractivity contribution in [2.45, 2.75) is 83.2 Å². The third kappa shape index (κ3) is 5.14. The van der Waals surface area contributed by atoms with Gasteiger partial charge in [-0.1, -0.05) is 37.8 Å². The fourth-order valence-corrected chi connectivity index (χ4v) is 4.91. The van der Waals surface area contributed by atoms with Gasteiger partial charge in [-0.3, -0.25) is 4.68 Å². The molecule has 0 aromatic carbocycles. The Labute approximate surface area is 185 Å². The van der Waals surface area contributed by atoms with Gasteiger partial charge in [-0.05, 0) is 56.8 Å². The Kier molecular flexibility index (Phi) is 6.94. The summed E-state index contributed by atoms with van der Waals surface area (Å²) in [5.41, 5.74) is 9.44. The number of halogens is 1. The molecule has 0 radical (unpaired) electrons. The number of nitrogens with zero attached hydrogens (tertiary/aromatic N) is 4. The normalized spacial score (nSPS) is 24.2. The van der Waals surface area contributed by atoms with E-state index in [0.717, 1.165) is 42.9 Å². The molecule has 2 saturated carbocycles. The lowest BCUT2D eigenvalue weighted by atomic mass is 9.79. The highest BCUT2D eigenvalue weighted by Gasteiger charge is 2.29. The van der Waals surface area contributed by atoms with Crippen LogP contribution in [0.2, 0.25) is 5.02 Å². The molecular weight excluding hydrogens is 396 g/mol. The van der Waals surface area contributed by atoms with E-state index in [-0.39, 0.29) is 0 Å².